The molecule has 3 N–H and O–H groups in total. The zero-order valence-electron chi connectivity index (χ0n) is 14.4. The molecule has 0 bridgehead atoms. The molecule has 8 heteroatoms. The van der Waals surface area contributed by atoms with Crippen LogP contribution in [0, 0.1) is 5.82 Å². The second-order valence-electron chi connectivity index (χ2n) is 6.12. The van der Waals surface area contributed by atoms with Crippen LogP contribution < -0.4 is 14.8 Å². The fourth-order valence-electron chi connectivity index (χ4n) is 1.92. The Labute approximate surface area is 140 Å². The topological polar surface area (TPSA) is 97.2 Å². The molecule has 0 radical (unpaired) electrons. The summed E-state index contributed by atoms with van der Waals surface area (Å²) in [6.45, 7) is 4.76. The zero-order chi connectivity index (χ0) is 18.5. The molecule has 1 rings (SSSR count). The number of hydrogen-bond donors (Lipinski definition) is 3. The number of aliphatic hydroxyl groups excluding tert-OH is 2. The molecule has 0 saturated carbocycles. The van der Waals surface area contributed by atoms with Gasteiger partial charge in [-0.15, -0.1) is 0 Å². The van der Waals surface area contributed by atoms with E-state index in [1.807, 2.05) is 0 Å². The van der Waals surface area contributed by atoms with Gasteiger partial charge in [-0.2, -0.15) is 0 Å². The predicted molar refractivity (Wildman–Crippen MR) is 84.7 cm³/mol. The van der Waals surface area contributed by atoms with E-state index in [4.69, 9.17) is 14.2 Å². The third-order valence-electron chi connectivity index (χ3n) is 3.04. The molecule has 1 aromatic carbocycles. The number of rotatable bonds is 6. The van der Waals surface area contributed by atoms with E-state index in [-0.39, 0.29) is 23.6 Å². The fourth-order valence-corrected chi connectivity index (χ4v) is 1.92. The summed E-state index contributed by atoms with van der Waals surface area (Å²) in [6.07, 6.45) is -3.76. The number of nitrogens with one attached hydrogen (secondary N) is 1. The molecule has 7 nitrogen and oxygen atoms in total. The van der Waals surface area contributed by atoms with Crippen molar-refractivity contribution in [3.05, 3.63) is 23.5 Å². The lowest BCUT2D eigenvalue weighted by Crippen LogP contribution is -2.39. The molecule has 0 saturated heterocycles. The van der Waals surface area contributed by atoms with Crippen LogP contribution in [0.25, 0.3) is 0 Å². The molecule has 0 aromatic heterocycles. The maximum Gasteiger partial charge on any atom is 0.407 e. The molecule has 24 heavy (non-hydrogen) atoms. The third kappa shape index (κ3) is 5.54. The van der Waals surface area contributed by atoms with Crippen LogP contribution in [0.15, 0.2) is 12.1 Å². The van der Waals surface area contributed by atoms with E-state index in [0.29, 0.717) is 0 Å². The first-order chi connectivity index (χ1) is 11.1. The van der Waals surface area contributed by atoms with Gasteiger partial charge >= 0.3 is 6.09 Å². The molecule has 0 aliphatic rings. The van der Waals surface area contributed by atoms with Crippen LogP contribution in [0.4, 0.5) is 9.18 Å². The van der Waals surface area contributed by atoms with Gasteiger partial charge in [0.1, 0.15) is 23.6 Å². The van der Waals surface area contributed by atoms with E-state index in [1.165, 1.54) is 20.3 Å². The first-order valence-electron chi connectivity index (χ1n) is 7.33. The monoisotopic (exact) mass is 345 g/mol. The second-order valence-corrected chi connectivity index (χ2v) is 6.12. The van der Waals surface area contributed by atoms with Gasteiger partial charge in [-0.3, -0.25) is 0 Å². The smallest absolute Gasteiger partial charge is 0.407 e. The summed E-state index contributed by atoms with van der Waals surface area (Å²) >= 11 is 0. The van der Waals surface area contributed by atoms with Crippen molar-refractivity contribution in [1.82, 2.24) is 5.32 Å². The van der Waals surface area contributed by atoms with Gasteiger partial charge in [0, 0.05) is 18.2 Å². The van der Waals surface area contributed by atoms with Crippen LogP contribution in [0.1, 0.15) is 32.4 Å². The molecule has 2 atom stereocenters. The summed E-state index contributed by atoms with van der Waals surface area (Å²) in [5.41, 5.74) is -0.866. The minimum atomic E-state index is -1.57. The summed E-state index contributed by atoms with van der Waals surface area (Å²) in [7, 11) is 2.72. The Balaban J connectivity index is 2.79. The highest BCUT2D eigenvalue weighted by molar-refractivity contribution is 5.67. The number of methoxy groups -OCH3 is 2. The molecule has 0 fully saturated rings. The molecule has 1 aromatic rings. The molecular formula is C16H24FNO6. The van der Waals surface area contributed by atoms with Gasteiger partial charge in [-0.05, 0) is 26.8 Å². The Bertz CT molecular complexity index is 572. The van der Waals surface area contributed by atoms with Crippen LogP contribution in [-0.4, -0.2) is 48.8 Å². The van der Waals surface area contributed by atoms with Gasteiger partial charge in [0.05, 0.1) is 14.2 Å². The van der Waals surface area contributed by atoms with Gasteiger partial charge in [-0.1, -0.05) is 0 Å². The van der Waals surface area contributed by atoms with Crippen LogP contribution in [-0.2, 0) is 4.74 Å². The quantitative estimate of drug-likeness (QED) is 0.727. The summed E-state index contributed by atoms with van der Waals surface area (Å²) in [5.74, 6) is -0.399. The average Bonchev–Trinajstić information content (AvgIpc) is 2.49. The maximum absolute atomic E-state index is 14.1. The molecule has 0 aliphatic carbocycles. The molecule has 136 valence electrons. The fraction of sp³-hybridized carbons (Fsp3) is 0.562. The molecule has 0 aliphatic heterocycles. The van der Waals surface area contributed by atoms with Gasteiger partial charge in [0.2, 0.25) is 0 Å². The Morgan fingerprint density at radius 1 is 1.21 bits per heavy atom. The minimum absolute atomic E-state index is 0.160. The first-order valence-corrected chi connectivity index (χ1v) is 7.33. The Morgan fingerprint density at radius 2 is 1.75 bits per heavy atom. The number of aliphatic hydroxyl groups is 2. The van der Waals surface area contributed by atoms with Crippen molar-refractivity contribution in [2.45, 2.75) is 38.6 Å². The molecule has 2 unspecified atom stereocenters. The number of amides is 1. The second kappa shape index (κ2) is 8.16. The van der Waals surface area contributed by atoms with Gasteiger partial charge in [0.25, 0.3) is 0 Å². The molecular weight excluding hydrogens is 321 g/mol. The number of carbonyl (C=O) groups excluding carboxylic acids is 1. The highest BCUT2D eigenvalue weighted by Gasteiger charge is 2.25. The molecule has 1 amide bonds. The minimum Gasteiger partial charge on any atom is -0.493 e. The van der Waals surface area contributed by atoms with E-state index in [9.17, 15) is 19.4 Å². The standard InChI is InChI=1S/C16H24FNO6/c1-16(2,3)24-15(21)18-8-11(19)14(20)9-6-12(22-4)13(23-5)7-10(9)17/h6-7,11,14,19-20H,8H2,1-5H3,(H,18,21). The van der Waals surface area contributed by atoms with Crippen LogP contribution >= 0.6 is 0 Å². The van der Waals surface area contributed by atoms with Crippen LogP contribution in [0.2, 0.25) is 0 Å². The average molecular weight is 345 g/mol. The Morgan fingerprint density at radius 3 is 2.25 bits per heavy atom. The normalized spacial score (nSPS) is 13.8. The van der Waals surface area contributed by atoms with Crippen molar-refractivity contribution in [2.75, 3.05) is 20.8 Å². The van der Waals surface area contributed by atoms with E-state index >= 15 is 0 Å². The van der Waals surface area contributed by atoms with Crippen molar-refractivity contribution in [1.29, 1.82) is 0 Å². The first kappa shape index (κ1) is 20.0. The third-order valence-corrected chi connectivity index (χ3v) is 3.04. The lowest BCUT2D eigenvalue weighted by atomic mass is 10.0. The lowest BCUT2D eigenvalue weighted by molar-refractivity contribution is 0.0112. The van der Waals surface area contributed by atoms with Crippen molar-refractivity contribution >= 4 is 6.09 Å². The number of hydrogen-bond acceptors (Lipinski definition) is 6. The Kier molecular flexibility index (Phi) is 6.80. The number of benzene rings is 1. The number of carbonyl (C=O) groups is 1. The molecule has 0 heterocycles. The Hall–Kier alpha value is -2.06. The lowest BCUT2D eigenvalue weighted by Gasteiger charge is -2.23. The SMILES string of the molecule is COc1cc(F)c(C(O)C(O)CNC(=O)OC(C)(C)C)cc1OC. The summed E-state index contributed by atoms with van der Waals surface area (Å²) in [4.78, 5) is 11.5. The van der Waals surface area contributed by atoms with Crippen LogP contribution in [0.3, 0.4) is 0 Å². The van der Waals surface area contributed by atoms with E-state index < -0.39 is 29.7 Å². The van der Waals surface area contributed by atoms with Gasteiger partial charge in [-0.25, -0.2) is 9.18 Å². The maximum atomic E-state index is 14.1. The van der Waals surface area contributed by atoms with Gasteiger partial charge in [0.15, 0.2) is 11.5 Å². The summed E-state index contributed by atoms with van der Waals surface area (Å²) < 4.78 is 29.1. The van der Waals surface area contributed by atoms with E-state index in [2.05, 4.69) is 5.32 Å². The molecule has 0 spiro atoms. The highest BCUT2D eigenvalue weighted by atomic mass is 19.1. The van der Waals surface area contributed by atoms with Crippen molar-refractivity contribution in [3.8, 4) is 11.5 Å². The number of halogens is 1. The number of ether oxygens (including phenoxy) is 3. The number of alkyl carbamates (subject to hydrolysis) is 1. The largest absolute Gasteiger partial charge is 0.493 e. The van der Waals surface area contributed by atoms with E-state index in [1.54, 1.807) is 20.8 Å². The summed E-state index contributed by atoms with van der Waals surface area (Å²) in [6, 6.07) is 2.28. The predicted octanol–water partition coefficient (Wildman–Crippen LogP) is 1.76. The van der Waals surface area contributed by atoms with E-state index in [0.717, 1.165) is 6.07 Å². The zero-order valence-corrected chi connectivity index (χ0v) is 14.4. The van der Waals surface area contributed by atoms with Crippen molar-refractivity contribution in [2.24, 2.45) is 0 Å². The van der Waals surface area contributed by atoms with Crippen molar-refractivity contribution in [3.63, 3.8) is 0 Å². The summed E-state index contributed by atoms with van der Waals surface area (Å²) in [5, 5.41) is 22.4. The highest BCUT2D eigenvalue weighted by Crippen LogP contribution is 2.33. The van der Waals surface area contributed by atoms with Crippen molar-refractivity contribution < 1.29 is 33.6 Å². The van der Waals surface area contributed by atoms with Gasteiger partial charge < -0.3 is 29.7 Å². The van der Waals surface area contributed by atoms with Crippen LogP contribution in [0.5, 0.6) is 11.5 Å².